The number of rotatable bonds is 9. The van der Waals surface area contributed by atoms with E-state index in [4.69, 9.17) is 4.74 Å². The van der Waals surface area contributed by atoms with Crippen LogP contribution in [0.3, 0.4) is 0 Å². The Morgan fingerprint density at radius 1 is 1.15 bits per heavy atom. The van der Waals surface area contributed by atoms with Gasteiger partial charge in [0.2, 0.25) is 6.41 Å². The summed E-state index contributed by atoms with van der Waals surface area (Å²) in [5.74, 6) is 1.15. The average molecular weight is 526 g/mol. The van der Waals surface area contributed by atoms with Crippen molar-refractivity contribution in [3.8, 4) is 17.0 Å². The first-order valence-corrected chi connectivity index (χ1v) is 12.8. The highest BCUT2D eigenvalue weighted by Crippen LogP contribution is 2.33. The van der Waals surface area contributed by atoms with E-state index in [0.717, 1.165) is 40.1 Å². The molecule has 6 rings (SSSR count). The highest BCUT2D eigenvalue weighted by Gasteiger charge is 2.31. The largest absolute Gasteiger partial charge is 0.497 e. The van der Waals surface area contributed by atoms with Gasteiger partial charge in [0, 0.05) is 30.8 Å². The molecule has 0 bridgehead atoms. The Balaban J connectivity index is 1.26. The summed E-state index contributed by atoms with van der Waals surface area (Å²) >= 11 is 0. The van der Waals surface area contributed by atoms with E-state index in [1.54, 1.807) is 24.4 Å². The highest BCUT2D eigenvalue weighted by molar-refractivity contribution is 5.98. The number of carbonyl (C=O) groups excluding carboxylic acids is 3. The maximum Gasteiger partial charge on any atom is 0.321 e. The molecule has 1 atom stereocenters. The maximum atomic E-state index is 13.1. The van der Waals surface area contributed by atoms with E-state index in [9.17, 15) is 14.4 Å². The molecule has 11 heteroatoms. The van der Waals surface area contributed by atoms with Gasteiger partial charge in [-0.15, -0.1) is 0 Å². The number of methoxy groups -OCH3 is 1. The van der Waals surface area contributed by atoms with Gasteiger partial charge in [0.15, 0.2) is 5.65 Å². The molecule has 4 aromatic rings. The summed E-state index contributed by atoms with van der Waals surface area (Å²) in [6.07, 6.45) is 6.17. The van der Waals surface area contributed by atoms with Gasteiger partial charge in [-0.25, -0.2) is 19.7 Å². The topological polar surface area (TPSA) is 131 Å². The number of ether oxygens (including phenoxy) is 1. The van der Waals surface area contributed by atoms with Crippen molar-refractivity contribution in [2.75, 3.05) is 13.7 Å². The zero-order valence-electron chi connectivity index (χ0n) is 21.3. The molecule has 0 saturated heterocycles. The molecule has 1 aliphatic heterocycles. The molecule has 0 radical (unpaired) electrons. The summed E-state index contributed by atoms with van der Waals surface area (Å²) in [6.45, 7) is 1.53. The number of nitrogens with one attached hydrogen (secondary N) is 2. The van der Waals surface area contributed by atoms with Gasteiger partial charge >= 0.3 is 6.03 Å². The van der Waals surface area contributed by atoms with Crippen LogP contribution in [0.1, 0.15) is 40.4 Å². The molecule has 198 valence electrons. The molecule has 2 N–H and O–H groups in total. The molecule has 11 nitrogen and oxygen atoms in total. The lowest BCUT2D eigenvalue weighted by atomic mass is 10.0. The number of hydrogen-bond donors (Lipinski definition) is 2. The number of hydrogen-bond acceptors (Lipinski definition) is 7. The fourth-order valence-corrected chi connectivity index (χ4v) is 5.00. The summed E-state index contributed by atoms with van der Waals surface area (Å²) in [4.78, 5) is 51.5. The van der Waals surface area contributed by atoms with Crippen LogP contribution in [0.25, 0.3) is 22.4 Å². The molecule has 0 unspecified atom stereocenters. The molecule has 4 amide bonds. The minimum atomic E-state index is -0.649. The van der Waals surface area contributed by atoms with Crippen LogP contribution >= 0.6 is 0 Å². The van der Waals surface area contributed by atoms with E-state index >= 15 is 0 Å². The summed E-state index contributed by atoms with van der Waals surface area (Å²) in [7, 11) is 1.56. The summed E-state index contributed by atoms with van der Waals surface area (Å²) in [6, 6.07) is 11.8. The van der Waals surface area contributed by atoms with Crippen molar-refractivity contribution >= 4 is 29.5 Å². The number of fused-ring (bicyclic) bond motifs is 2. The van der Waals surface area contributed by atoms with Gasteiger partial charge in [-0.3, -0.25) is 14.9 Å². The monoisotopic (exact) mass is 525 g/mol. The number of imide groups is 1. The van der Waals surface area contributed by atoms with E-state index in [1.807, 2.05) is 42.7 Å². The molecule has 1 saturated carbocycles. The zero-order chi connectivity index (χ0) is 26.9. The van der Waals surface area contributed by atoms with Crippen LogP contribution < -0.4 is 15.4 Å². The first-order valence-electron chi connectivity index (χ1n) is 12.8. The van der Waals surface area contributed by atoms with Crippen LogP contribution in [0.2, 0.25) is 0 Å². The molecule has 0 spiro atoms. The minimum absolute atomic E-state index is 0.145. The van der Waals surface area contributed by atoms with Crippen molar-refractivity contribution in [3.05, 3.63) is 71.8 Å². The standard InChI is InChI=1S/C28H27N7O4/c1-39-21-9-8-20-12-34(27(37)22(20)10-21)13-23(33-28(38)32-16-36)18-4-6-19(7-5-18)24-25-26(30-14-29-24)35(15-31-25)11-17-2-3-17/h4-10,14-17,23H,2-3,11-13H2,1H3,(H2,32,33,36,38)/t23-/m0/s1. The van der Waals surface area contributed by atoms with Gasteiger partial charge < -0.3 is 19.5 Å². The first-order chi connectivity index (χ1) is 19.0. The number of imidazole rings is 1. The van der Waals surface area contributed by atoms with Crippen molar-refractivity contribution in [3.63, 3.8) is 0 Å². The van der Waals surface area contributed by atoms with Crippen LogP contribution in [-0.2, 0) is 17.9 Å². The second kappa shape index (κ2) is 10.2. The lowest BCUT2D eigenvalue weighted by Gasteiger charge is -2.25. The smallest absolute Gasteiger partial charge is 0.321 e. The Labute approximate surface area is 224 Å². The van der Waals surface area contributed by atoms with Gasteiger partial charge in [0.1, 0.15) is 23.3 Å². The Hall–Kier alpha value is -4.80. The number of aromatic nitrogens is 4. The average Bonchev–Trinajstić information content (AvgIpc) is 3.61. The molecular weight excluding hydrogens is 498 g/mol. The molecular formula is C28H27N7O4. The van der Waals surface area contributed by atoms with E-state index in [0.29, 0.717) is 30.2 Å². The predicted molar refractivity (Wildman–Crippen MR) is 142 cm³/mol. The Bertz CT molecular complexity index is 1560. The molecule has 3 heterocycles. The second-order valence-corrected chi connectivity index (χ2v) is 9.85. The summed E-state index contributed by atoms with van der Waals surface area (Å²) in [5.41, 5.74) is 5.37. The van der Waals surface area contributed by atoms with Crippen LogP contribution in [-0.4, -0.2) is 56.4 Å². The summed E-state index contributed by atoms with van der Waals surface area (Å²) in [5, 5.41) is 4.92. The molecule has 1 aliphatic carbocycles. The molecule has 2 aromatic heterocycles. The lowest BCUT2D eigenvalue weighted by molar-refractivity contribution is -0.108. The van der Waals surface area contributed by atoms with E-state index in [1.165, 1.54) is 12.8 Å². The van der Waals surface area contributed by atoms with Crippen molar-refractivity contribution in [1.82, 2.24) is 35.1 Å². The van der Waals surface area contributed by atoms with E-state index < -0.39 is 12.1 Å². The minimum Gasteiger partial charge on any atom is -0.497 e. The third-order valence-corrected chi connectivity index (χ3v) is 7.23. The van der Waals surface area contributed by atoms with Crippen LogP contribution in [0.4, 0.5) is 4.79 Å². The molecule has 1 fully saturated rings. The lowest BCUT2D eigenvalue weighted by Crippen LogP contribution is -2.42. The molecule has 39 heavy (non-hydrogen) atoms. The quantitative estimate of drug-likeness (QED) is 0.321. The number of benzene rings is 2. The fraction of sp³-hybridized carbons (Fsp3) is 0.286. The van der Waals surface area contributed by atoms with Crippen molar-refractivity contribution in [1.29, 1.82) is 0 Å². The Kier molecular flexibility index (Phi) is 6.39. The van der Waals surface area contributed by atoms with Crippen LogP contribution in [0, 0.1) is 5.92 Å². The number of urea groups is 1. The van der Waals surface area contributed by atoms with Gasteiger partial charge in [0.25, 0.3) is 5.91 Å². The van der Waals surface area contributed by atoms with Gasteiger partial charge in [-0.1, -0.05) is 30.3 Å². The van der Waals surface area contributed by atoms with Crippen molar-refractivity contribution in [2.24, 2.45) is 5.92 Å². The van der Waals surface area contributed by atoms with Gasteiger partial charge in [0.05, 0.1) is 19.5 Å². The number of nitrogens with zero attached hydrogens (tertiary/aromatic N) is 5. The SMILES string of the molecule is COc1ccc2c(c1)C(=O)N(C[C@H](NC(=O)NC=O)c1ccc(-c3ncnc4c3ncn4CC3CC3)cc1)C2. The summed E-state index contributed by atoms with van der Waals surface area (Å²) < 4.78 is 7.35. The van der Waals surface area contributed by atoms with Crippen molar-refractivity contribution in [2.45, 2.75) is 32.0 Å². The van der Waals surface area contributed by atoms with E-state index in [2.05, 4.69) is 30.2 Å². The molecule has 2 aliphatic rings. The third kappa shape index (κ3) is 4.90. The van der Waals surface area contributed by atoms with Crippen molar-refractivity contribution < 1.29 is 19.1 Å². The highest BCUT2D eigenvalue weighted by atomic mass is 16.5. The van der Waals surface area contributed by atoms with Crippen LogP contribution in [0.15, 0.2) is 55.1 Å². The normalized spacial score (nSPS) is 15.2. The maximum absolute atomic E-state index is 13.1. The third-order valence-electron chi connectivity index (χ3n) is 7.23. The number of amides is 4. The zero-order valence-corrected chi connectivity index (χ0v) is 21.3. The van der Waals surface area contributed by atoms with Crippen LogP contribution in [0.5, 0.6) is 5.75 Å². The van der Waals surface area contributed by atoms with Gasteiger partial charge in [-0.05, 0) is 42.0 Å². The second-order valence-electron chi connectivity index (χ2n) is 9.85. The number of carbonyl (C=O) groups is 3. The first kappa shape index (κ1) is 24.5. The predicted octanol–water partition coefficient (Wildman–Crippen LogP) is 3.06. The van der Waals surface area contributed by atoms with E-state index in [-0.39, 0.29) is 12.5 Å². The molecule has 2 aromatic carbocycles. The Morgan fingerprint density at radius 3 is 2.72 bits per heavy atom. The Morgan fingerprint density at radius 2 is 1.97 bits per heavy atom. The fourth-order valence-electron chi connectivity index (χ4n) is 5.00. The van der Waals surface area contributed by atoms with Gasteiger partial charge in [-0.2, -0.15) is 0 Å².